The number of aliphatic hydroxyl groups is 1. The van der Waals surface area contributed by atoms with Crippen LogP contribution in [0.15, 0.2) is 18.2 Å². The zero-order valence-electron chi connectivity index (χ0n) is 13.1. The van der Waals surface area contributed by atoms with Crippen LogP contribution in [0.3, 0.4) is 0 Å². The average Bonchev–Trinajstić information content (AvgIpc) is 2.36. The van der Waals surface area contributed by atoms with E-state index < -0.39 is 6.10 Å². The van der Waals surface area contributed by atoms with Gasteiger partial charge in [-0.2, -0.15) is 0 Å². The van der Waals surface area contributed by atoms with Gasteiger partial charge in [0.2, 0.25) is 5.91 Å². The monoisotopic (exact) mass is 278 g/mol. The van der Waals surface area contributed by atoms with Gasteiger partial charge in [0.25, 0.3) is 0 Å². The van der Waals surface area contributed by atoms with E-state index in [0.29, 0.717) is 13.1 Å². The van der Waals surface area contributed by atoms with Gasteiger partial charge in [0, 0.05) is 26.1 Å². The number of likely N-dealkylation sites (N-methyl/N-ethyl adjacent to an activating group) is 1. The highest BCUT2D eigenvalue weighted by atomic mass is 16.3. The van der Waals surface area contributed by atoms with Crippen molar-refractivity contribution in [1.29, 1.82) is 0 Å². The van der Waals surface area contributed by atoms with Crippen LogP contribution in [0.5, 0.6) is 0 Å². The van der Waals surface area contributed by atoms with Crippen molar-refractivity contribution in [2.75, 3.05) is 27.2 Å². The molecule has 0 saturated carbocycles. The predicted octanol–water partition coefficient (Wildman–Crippen LogP) is 1.65. The Labute approximate surface area is 121 Å². The Balaban J connectivity index is 2.61. The second kappa shape index (κ2) is 7.41. The van der Waals surface area contributed by atoms with Crippen LogP contribution in [-0.4, -0.2) is 43.1 Å². The number of rotatable bonds is 6. The van der Waals surface area contributed by atoms with E-state index in [-0.39, 0.29) is 11.8 Å². The molecule has 0 spiro atoms. The number of carbonyl (C=O) groups excluding carboxylic acids is 1. The predicted molar refractivity (Wildman–Crippen MR) is 81.6 cm³/mol. The van der Waals surface area contributed by atoms with Crippen LogP contribution < -0.4 is 5.32 Å². The molecule has 0 aliphatic rings. The van der Waals surface area contributed by atoms with Crippen molar-refractivity contribution < 1.29 is 9.90 Å². The molecule has 0 fully saturated rings. The first kappa shape index (κ1) is 16.7. The van der Waals surface area contributed by atoms with E-state index in [1.807, 2.05) is 44.9 Å². The maximum absolute atomic E-state index is 11.5. The summed E-state index contributed by atoms with van der Waals surface area (Å²) in [5.74, 6) is -0.0609. The molecule has 2 N–H and O–H groups in total. The van der Waals surface area contributed by atoms with Gasteiger partial charge in [-0.1, -0.05) is 36.2 Å². The maximum Gasteiger partial charge on any atom is 0.223 e. The third-order valence-corrected chi connectivity index (χ3v) is 3.39. The fraction of sp³-hybridized carbons (Fsp3) is 0.562. The van der Waals surface area contributed by atoms with Crippen LogP contribution in [0, 0.1) is 19.8 Å². The number of nitrogens with zero attached hydrogens (tertiary/aromatic N) is 1. The Morgan fingerprint density at radius 2 is 1.80 bits per heavy atom. The maximum atomic E-state index is 11.5. The van der Waals surface area contributed by atoms with E-state index in [0.717, 1.165) is 16.7 Å². The number of hydrogen-bond donors (Lipinski definition) is 2. The van der Waals surface area contributed by atoms with Gasteiger partial charge in [0.15, 0.2) is 0 Å². The number of aliphatic hydroxyl groups excluding tert-OH is 1. The summed E-state index contributed by atoms with van der Waals surface area (Å²) in [5, 5.41) is 12.9. The van der Waals surface area contributed by atoms with Crippen molar-refractivity contribution in [3.05, 3.63) is 34.9 Å². The van der Waals surface area contributed by atoms with Gasteiger partial charge in [0.05, 0.1) is 6.10 Å². The SMILES string of the molecule is CNC(=O)C(C)CN(C)CC(O)c1cc(C)cc(C)c1. The van der Waals surface area contributed by atoms with Crippen molar-refractivity contribution in [2.24, 2.45) is 5.92 Å². The smallest absolute Gasteiger partial charge is 0.223 e. The molecule has 0 radical (unpaired) electrons. The highest BCUT2D eigenvalue weighted by Gasteiger charge is 2.17. The molecular formula is C16H26N2O2. The standard InChI is InChI=1S/C16H26N2O2/c1-11-6-12(2)8-14(7-11)15(19)10-18(5)9-13(3)16(20)17-4/h6-8,13,15,19H,9-10H2,1-5H3,(H,17,20). The van der Waals surface area contributed by atoms with Crippen LogP contribution in [0.4, 0.5) is 0 Å². The van der Waals surface area contributed by atoms with Gasteiger partial charge < -0.3 is 15.3 Å². The lowest BCUT2D eigenvalue weighted by Crippen LogP contribution is -2.36. The van der Waals surface area contributed by atoms with Gasteiger partial charge >= 0.3 is 0 Å². The van der Waals surface area contributed by atoms with E-state index in [2.05, 4.69) is 11.4 Å². The van der Waals surface area contributed by atoms with Crippen molar-refractivity contribution in [1.82, 2.24) is 10.2 Å². The zero-order valence-corrected chi connectivity index (χ0v) is 13.1. The summed E-state index contributed by atoms with van der Waals surface area (Å²) >= 11 is 0. The van der Waals surface area contributed by atoms with E-state index in [9.17, 15) is 9.90 Å². The number of benzene rings is 1. The summed E-state index contributed by atoms with van der Waals surface area (Å²) in [6.07, 6.45) is -0.532. The summed E-state index contributed by atoms with van der Waals surface area (Å²) in [6, 6.07) is 6.11. The van der Waals surface area contributed by atoms with Crippen LogP contribution >= 0.6 is 0 Å². The molecule has 0 bridgehead atoms. The molecular weight excluding hydrogens is 252 g/mol. The minimum atomic E-state index is -0.532. The number of aryl methyl sites for hydroxylation is 2. The molecule has 1 aromatic carbocycles. The van der Waals surface area contributed by atoms with Crippen molar-refractivity contribution in [2.45, 2.75) is 26.9 Å². The molecule has 1 amide bonds. The Hall–Kier alpha value is -1.39. The Bertz CT molecular complexity index is 440. The third-order valence-electron chi connectivity index (χ3n) is 3.39. The summed E-state index contributed by atoms with van der Waals surface area (Å²) in [4.78, 5) is 13.5. The van der Waals surface area contributed by atoms with E-state index >= 15 is 0 Å². The lowest BCUT2D eigenvalue weighted by atomic mass is 10.0. The largest absolute Gasteiger partial charge is 0.387 e. The second-order valence-corrected chi connectivity index (χ2v) is 5.67. The molecule has 0 aliphatic carbocycles. The Morgan fingerprint density at radius 3 is 2.30 bits per heavy atom. The molecule has 2 unspecified atom stereocenters. The number of amides is 1. The summed E-state index contributed by atoms with van der Waals surface area (Å²) in [7, 11) is 3.56. The molecule has 112 valence electrons. The van der Waals surface area contributed by atoms with Gasteiger partial charge in [-0.05, 0) is 26.5 Å². The first-order valence-electron chi connectivity index (χ1n) is 7.00. The molecule has 0 aliphatic heterocycles. The minimum absolute atomic E-state index is 0.0257. The molecule has 1 aromatic rings. The minimum Gasteiger partial charge on any atom is -0.387 e. The second-order valence-electron chi connectivity index (χ2n) is 5.67. The van der Waals surface area contributed by atoms with Gasteiger partial charge in [-0.15, -0.1) is 0 Å². The topological polar surface area (TPSA) is 52.6 Å². The van der Waals surface area contributed by atoms with Crippen molar-refractivity contribution in [3.8, 4) is 0 Å². The van der Waals surface area contributed by atoms with Crippen molar-refractivity contribution in [3.63, 3.8) is 0 Å². The molecule has 20 heavy (non-hydrogen) atoms. The van der Waals surface area contributed by atoms with E-state index in [1.54, 1.807) is 7.05 Å². The highest BCUT2D eigenvalue weighted by Crippen LogP contribution is 2.18. The molecule has 4 nitrogen and oxygen atoms in total. The zero-order chi connectivity index (χ0) is 15.3. The normalized spacial score (nSPS) is 14.2. The summed E-state index contributed by atoms with van der Waals surface area (Å²) < 4.78 is 0. The van der Waals surface area contributed by atoms with Crippen LogP contribution in [0.2, 0.25) is 0 Å². The van der Waals surface area contributed by atoms with E-state index in [1.165, 1.54) is 0 Å². The molecule has 2 atom stereocenters. The van der Waals surface area contributed by atoms with E-state index in [4.69, 9.17) is 0 Å². The van der Waals surface area contributed by atoms with Crippen LogP contribution in [0.25, 0.3) is 0 Å². The summed E-state index contributed by atoms with van der Waals surface area (Å²) in [5.41, 5.74) is 3.24. The van der Waals surface area contributed by atoms with Gasteiger partial charge in [-0.3, -0.25) is 4.79 Å². The molecule has 0 aromatic heterocycles. The Kier molecular flexibility index (Phi) is 6.17. The Morgan fingerprint density at radius 1 is 1.25 bits per heavy atom. The van der Waals surface area contributed by atoms with Crippen LogP contribution in [-0.2, 0) is 4.79 Å². The number of nitrogens with one attached hydrogen (secondary N) is 1. The molecule has 4 heteroatoms. The highest BCUT2D eigenvalue weighted by molar-refractivity contribution is 5.78. The third kappa shape index (κ3) is 4.94. The fourth-order valence-corrected chi connectivity index (χ4v) is 2.47. The first-order valence-corrected chi connectivity index (χ1v) is 7.00. The number of carbonyl (C=O) groups is 1. The average molecular weight is 278 g/mol. The molecule has 0 heterocycles. The van der Waals surface area contributed by atoms with Gasteiger partial charge in [0.1, 0.15) is 0 Å². The van der Waals surface area contributed by atoms with Crippen LogP contribution in [0.1, 0.15) is 29.7 Å². The number of hydrogen-bond acceptors (Lipinski definition) is 3. The fourth-order valence-electron chi connectivity index (χ4n) is 2.47. The molecule has 1 rings (SSSR count). The lowest BCUT2D eigenvalue weighted by Gasteiger charge is -2.23. The first-order chi connectivity index (χ1) is 9.33. The van der Waals surface area contributed by atoms with Gasteiger partial charge in [-0.25, -0.2) is 0 Å². The lowest BCUT2D eigenvalue weighted by molar-refractivity contribution is -0.124. The quantitative estimate of drug-likeness (QED) is 0.832. The van der Waals surface area contributed by atoms with Crippen molar-refractivity contribution >= 4 is 5.91 Å². The summed E-state index contributed by atoms with van der Waals surface area (Å²) in [6.45, 7) is 7.09. The molecule has 0 saturated heterocycles.